The zero-order chi connectivity index (χ0) is 21.7. The van der Waals surface area contributed by atoms with Crippen molar-refractivity contribution in [3.05, 3.63) is 86.9 Å². The molecule has 0 unspecified atom stereocenters. The average Bonchev–Trinajstić information content (AvgIpc) is 3.13. The van der Waals surface area contributed by atoms with Gasteiger partial charge in [-0.1, -0.05) is 53.0 Å². The molecule has 3 aromatic carbocycles. The van der Waals surface area contributed by atoms with E-state index in [1.54, 1.807) is 24.3 Å². The topological polar surface area (TPSA) is 104 Å². The van der Waals surface area contributed by atoms with E-state index in [1.807, 2.05) is 24.3 Å². The molecule has 1 heterocycles. The van der Waals surface area contributed by atoms with Crippen molar-refractivity contribution in [2.45, 2.75) is 6.54 Å². The molecule has 0 spiro atoms. The number of carboxylic acids is 1. The summed E-state index contributed by atoms with van der Waals surface area (Å²) >= 11 is 17.8. The summed E-state index contributed by atoms with van der Waals surface area (Å²) in [5.74, 6) is -0.558. The summed E-state index contributed by atoms with van der Waals surface area (Å²) in [6.07, 6.45) is 0. The number of anilines is 2. The third-order valence-electron chi connectivity index (χ3n) is 4.08. The van der Waals surface area contributed by atoms with Gasteiger partial charge in [-0.15, -0.1) is 0 Å². The summed E-state index contributed by atoms with van der Waals surface area (Å²) in [7, 11) is 0. The summed E-state index contributed by atoms with van der Waals surface area (Å²) in [4.78, 5) is 18.3. The van der Waals surface area contributed by atoms with Crippen LogP contribution in [0.1, 0.15) is 15.9 Å². The third-order valence-corrected chi connectivity index (χ3v) is 4.97. The fourth-order valence-electron chi connectivity index (χ4n) is 2.56. The van der Waals surface area contributed by atoms with Gasteiger partial charge in [0.1, 0.15) is 0 Å². The van der Waals surface area contributed by atoms with Crippen molar-refractivity contribution in [1.82, 2.24) is 9.97 Å². The van der Waals surface area contributed by atoms with Crippen molar-refractivity contribution < 1.29 is 9.90 Å². The second-order valence-corrected chi connectivity index (χ2v) is 7.43. The van der Waals surface area contributed by atoms with E-state index in [0.717, 1.165) is 10.6 Å². The number of aromatic carboxylic acids is 1. The minimum Gasteiger partial charge on any atom is -0.478 e. The van der Waals surface area contributed by atoms with Crippen molar-refractivity contribution in [3.63, 3.8) is 0 Å². The summed E-state index contributed by atoms with van der Waals surface area (Å²) in [6.45, 7) is 0.581. The van der Waals surface area contributed by atoms with Gasteiger partial charge in [-0.05, 0) is 48.0 Å². The largest absolute Gasteiger partial charge is 0.478 e. The number of nitrogens with zero attached hydrogens (tertiary/aromatic N) is 1. The number of halogens is 3. The molecule has 0 atom stereocenters. The van der Waals surface area contributed by atoms with Crippen molar-refractivity contribution in [1.29, 1.82) is 0 Å². The number of nitrogens with one attached hydrogen (secondary N) is 2. The Morgan fingerprint density at radius 1 is 1.03 bits per heavy atom. The predicted octanol–water partition coefficient (Wildman–Crippen LogP) is 6.11. The molecular weight excluding hydrogens is 447 g/mol. The van der Waals surface area contributed by atoms with Crippen LogP contribution in [0.5, 0.6) is 0 Å². The Bertz CT molecular complexity index is 1160. The lowest BCUT2D eigenvalue weighted by atomic mass is 10.2. The second kappa shape index (κ2) is 9.82. The van der Waals surface area contributed by atoms with E-state index in [1.165, 1.54) is 12.1 Å². The molecule has 4 aromatic rings. The van der Waals surface area contributed by atoms with Crippen LogP contribution >= 0.6 is 34.8 Å². The van der Waals surface area contributed by atoms with Crippen molar-refractivity contribution in [2.24, 2.45) is 5.73 Å². The van der Waals surface area contributed by atoms with Gasteiger partial charge in [0.2, 0.25) is 5.95 Å². The molecule has 30 heavy (non-hydrogen) atoms. The van der Waals surface area contributed by atoms with Crippen LogP contribution in [0.25, 0.3) is 11.0 Å². The highest BCUT2D eigenvalue weighted by atomic mass is 35.5. The number of fused-ring (bicyclic) bond motifs is 1. The number of rotatable bonds is 4. The maximum atomic E-state index is 10.9. The fourth-order valence-corrected chi connectivity index (χ4v) is 3.18. The summed E-state index contributed by atoms with van der Waals surface area (Å²) in [6, 6.07) is 17.3. The SMILES string of the molecule is NCc1ccc(Cl)cc1.O=C(O)c1ccc2nc(Nc3c(Cl)cccc3Cl)[nH]c2c1. The zero-order valence-corrected chi connectivity index (χ0v) is 17.8. The Labute approximate surface area is 187 Å². The van der Waals surface area contributed by atoms with Crippen LogP contribution < -0.4 is 11.1 Å². The molecule has 0 radical (unpaired) electrons. The Hall–Kier alpha value is -2.77. The number of nitrogens with two attached hydrogens (primary N) is 1. The van der Waals surface area contributed by atoms with Gasteiger partial charge < -0.3 is 21.1 Å². The molecule has 5 N–H and O–H groups in total. The predicted molar refractivity (Wildman–Crippen MR) is 122 cm³/mol. The second-order valence-electron chi connectivity index (χ2n) is 6.17. The molecule has 4 rings (SSSR count). The van der Waals surface area contributed by atoms with Gasteiger partial charge >= 0.3 is 5.97 Å². The molecule has 0 bridgehead atoms. The lowest BCUT2D eigenvalue weighted by Gasteiger charge is -2.06. The Morgan fingerprint density at radius 3 is 2.30 bits per heavy atom. The van der Waals surface area contributed by atoms with Crippen LogP contribution in [0.15, 0.2) is 60.7 Å². The van der Waals surface area contributed by atoms with E-state index >= 15 is 0 Å². The van der Waals surface area contributed by atoms with E-state index in [4.69, 9.17) is 45.6 Å². The first kappa shape index (κ1) is 21.9. The molecule has 0 saturated heterocycles. The first-order chi connectivity index (χ1) is 14.4. The number of aromatic nitrogens is 2. The van der Waals surface area contributed by atoms with Crippen LogP contribution in [-0.2, 0) is 6.54 Å². The van der Waals surface area contributed by atoms with Crippen LogP contribution in [0.4, 0.5) is 11.6 Å². The van der Waals surface area contributed by atoms with E-state index in [0.29, 0.717) is 39.3 Å². The number of carbonyl (C=O) groups is 1. The minimum absolute atomic E-state index is 0.188. The van der Waals surface area contributed by atoms with Crippen molar-refractivity contribution in [3.8, 4) is 0 Å². The van der Waals surface area contributed by atoms with E-state index in [-0.39, 0.29) is 5.56 Å². The summed E-state index contributed by atoms with van der Waals surface area (Å²) < 4.78 is 0. The van der Waals surface area contributed by atoms with Gasteiger partial charge in [0.05, 0.1) is 32.3 Å². The number of carboxylic acid groups (broad SMARTS) is 1. The zero-order valence-electron chi connectivity index (χ0n) is 15.5. The molecule has 9 heteroatoms. The number of benzene rings is 3. The lowest BCUT2D eigenvalue weighted by molar-refractivity contribution is 0.0697. The highest BCUT2D eigenvalue weighted by molar-refractivity contribution is 6.39. The molecule has 1 aromatic heterocycles. The Balaban J connectivity index is 0.000000239. The molecule has 0 aliphatic carbocycles. The third kappa shape index (κ3) is 5.43. The van der Waals surface area contributed by atoms with Crippen LogP contribution in [0.2, 0.25) is 15.1 Å². The number of hydrogen-bond acceptors (Lipinski definition) is 4. The molecule has 0 aliphatic rings. The first-order valence-corrected chi connectivity index (χ1v) is 9.89. The smallest absolute Gasteiger partial charge is 0.335 e. The number of para-hydroxylation sites is 1. The quantitative estimate of drug-likeness (QED) is 0.292. The highest BCUT2D eigenvalue weighted by Gasteiger charge is 2.10. The summed E-state index contributed by atoms with van der Waals surface area (Å²) in [5.41, 5.74) is 8.45. The fraction of sp³-hybridized carbons (Fsp3) is 0.0476. The minimum atomic E-state index is -0.991. The van der Waals surface area contributed by atoms with Gasteiger partial charge in [-0.25, -0.2) is 9.78 Å². The van der Waals surface area contributed by atoms with Gasteiger partial charge in [0.25, 0.3) is 0 Å². The normalized spacial score (nSPS) is 10.4. The van der Waals surface area contributed by atoms with E-state index in [2.05, 4.69) is 15.3 Å². The highest BCUT2D eigenvalue weighted by Crippen LogP contribution is 2.32. The van der Waals surface area contributed by atoms with Gasteiger partial charge in [-0.2, -0.15) is 0 Å². The molecule has 154 valence electrons. The maximum absolute atomic E-state index is 10.9. The first-order valence-electron chi connectivity index (χ1n) is 8.76. The van der Waals surface area contributed by atoms with Crippen LogP contribution in [0, 0.1) is 0 Å². The molecule has 0 fully saturated rings. The van der Waals surface area contributed by atoms with E-state index < -0.39 is 5.97 Å². The van der Waals surface area contributed by atoms with Gasteiger partial charge in [-0.3, -0.25) is 0 Å². The van der Waals surface area contributed by atoms with E-state index in [9.17, 15) is 4.79 Å². The van der Waals surface area contributed by atoms with Crippen molar-refractivity contribution in [2.75, 3.05) is 5.32 Å². The van der Waals surface area contributed by atoms with Gasteiger partial charge in [0, 0.05) is 11.6 Å². The maximum Gasteiger partial charge on any atom is 0.335 e. The van der Waals surface area contributed by atoms with Crippen molar-refractivity contribution >= 4 is 63.4 Å². The monoisotopic (exact) mass is 462 g/mol. The standard InChI is InChI=1S/C14H9Cl2N3O2.C7H8ClN/c15-8-2-1-3-9(16)12(8)19-14-17-10-5-4-7(13(20)21)6-11(10)18-14;8-7-3-1-6(5-9)2-4-7/h1-6H,(H,20,21)(H2,17,18,19);1-4H,5,9H2. The summed E-state index contributed by atoms with van der Waals surface area (Å²) in [5, 5.41) is 13.7. The lowest BCUT2D eigenvalue weighted by Crippen LogP contribution is -1.95. The molecule has 0 amide bonds. The Morgan fingerprint density at radius 2 is 1.70 bits per heavy atom. The number of hydrogen-bond donors (Lipinski definition) is 4. The molecular formula is C21H17Cl3N4O2. The van der Waals surface area contributed by atoms with Crippen LogP contribution in [-0.4, -0.2) is 21.0 Å². The van der Waals surface area contributed by atoms with Gasteiger partial charge in [0.15, 0.2) is 0 Å². The Kier molecular flexibility index (Phi) is 7.18. The average molecular weight is 464 g/mol. The number of aromatic amines is 1. The number of H-pyrrole nitrogens is 1. The number of imidazole rings is 1. The van der Waals surface area contributed by atoms with Crippen LogP contribution in [0.3, 0.4) is 0 Å². The molecule has 6 nitrogen and oxygen atoms in total. The molecule has 0 aliphatic heterocycles. The molecule has 0 saturated carbocycles.